The number of thiophene rings is 1. The lowest BCUT2D eigenvalue weighted by Crippen LogP contribution is -2.05. The number of allylic oxidation sites excluding steroid dienone is 3. The van der Waals surface area contributed by atoms with Crippen molar-refractivity contribution in [2.75, 3.05) is 12.3 Å². The van der Waals surface area contributed by atoms with Gasteiger partial charge in [-0.15, -0.1) is 17.9 Å². The fourth-order valence-corrected chi connectivity index (χ4v) is 1.87. The first-order valence-corrected chi connectivity index (χ1v) is 6.34. The van der Waals surface area contributed by atoms with Gasteiger partial charge >= 0.3 is 5.97 Å². The first-order chi connectivity index (χ1) is 8.60. The summed E-state index contributed by atoms with van der Waals surface area (Å²) in [7, 11) is 0. The quantitative estimate of drug-likeness (QED) is 0.510. The van der Waals surface area contributed by atoms with Gasteiger partial charge in [-0.25, -0.2) is 4.79 Å². The second-order valence-electron chi connectivity index (χ2n) is 3.15. The Morgan fingerprint density at radius 3 is 2.67 bits per heavy atom. The lowest BCUT2D eigenvalue weighted by Gasteiger charge is -1.98. The molecule has 0 atom stereocenters. The molecule has 1 heterocycles. The van der Waals surface area contributed by atoms with Gasteiger partial charge in [0.05, 0.1) is 12.2 Å². The molecule has 98 valence electrons. The smallest absolute Gasteiger partial charge is 0.341 e. The molecule has 0 saturated heterocycles. The lowest BCUT2D eigenvalue weighted by molar-refractivity contribution is 0.0528. The van der Waals surface area contributed by atoms with Crippen LogP contribution in [0.15, 0.2) is 37.5 Å². The molecule has 0 aliphatic heterocycles. The molecule has 1 aromatic rings. The summed E-state index contributed by atoms with van der Waals surface area (Å²) in [5.74, 6) is -0.371. The second kappa shape index (κ2) is 9.24. The molecule has 0 aliphatic rings. The summed E-state index contributed by atoms with van der Waals surface area (Å²) in [4.78, 5) is 12.3. The van der Waals surface area contributed by atoms with Crippen LogP contribution in [0.2, 0.25) is 0 Å². The average molecular weight is 265 g/mol. The van der Waals surface area contributed by atoms with Gasteiger partial charge < -0.3 is 10.5 Å². The van der Waals surface area contributed by atoms with Crippen molar-refractivity contribution >= 4 is 28.4 Å². The second-order valence-corrected chi connectivity index (χ2v) is 4.27. The fraction of sp³-hybridized carbons (Fsp3) is 0.214. The van der Waals surface area contributed by atoms with Crippen molar-refractivity contribution in [2.24, 2.45) is 0 Å². The van der Waals surface area contributed by atoms with E-state index in [1.807, 2.05) is 13.0 Å². The molecule has 0 radical (unpaired) electrons. The van der Waals surface area contributed by atoms with Crippen molar-refractivity contribution < 1.29 is 9.53 Å². The molecule has 0 aliphatic carbocycles. The Balaban J connectivity index is 0.000000873. The minimum atomic E-state index is -0.371. The molecule has 0 saturated carbocycles. The predicted molar refractivity (Wildman–Crippen MR) is 79.8 cm³/mol. The van der Waals surface area contributed by atoms with E-state index in [4.69, 9.17) is 10.5 Å². The Morgan fingerprint density at radius 2 is 2.17 bits per heavy atom. The Labute approximate surface area is 112 Å². The highest BCUT2D eigenvalue weighted by molar-refractivity contribution is 7.17. The van der Waals surface area contributed by atoms with Crippen molar-refractivity contribution in [1.82, 2.24) is 0 Å². The van der Waals surface area contributed by atoms with Crippen LogP contribution in [0.5, 0.6) is 0 Å². The molecule has 1 aromatic heterocycles. The third-order valence-corrected chi connectivity index (χ3v) is 2.60. The molecular formula is C14H19NO2S. The van der Waals surface area contributed by atoms with Crippen LogP contribution in [0.1, 0.15) is 29.1 Å². The molecule has 1 rings (SSSR count). The Morgan fingerprint density at radius 1 is 1.56 bits per heavy atom. The van der Waals surface area contributed by atoms with E-state index in [0.717, 1.165) is 4.88 Å². The van der Waals surface area contributed by atoms with Crippen LogP contribution in [0, 0.1) is 0 Å². The molecule has 0 bridgehead atoms. The maximum absolute atomic E-state index is 11.4. The first kappa shape index (κ1) is 16.2. The summed E-state index contributed by atoms with van der Waals surface area (Å²) in [6.45, 7) is 10.9. The number of anilines is 1. The van der Waals surface area contributed by atoms with Gasteiger partial charge in [0.25, 0.3) is 0 Å². The number of hydrogen-bond donors (Lipinski definition) is 1. The van der Waals surface area contributed by atoms with Gasteiger partial charge in [-0.1, -0.05) is 24.8 Å². The summed E-state index contributed by atoms with van der Waals surface area (Å²) in [5, 5.41) is 0.483. The van der Waals surface area contributed by atoms with Crippen LogP contribution < -0.4 is 5.73 Å². The van der Waals surface area contributed by atoms with E-state index >= 15 is 0 Å². The average Bonchev–Trinajstić information content (AvgIpc) is 2.69. The highest BCUT2D eigenvalue weighted by Gasteiger charge is 2.13. The molecule has 0 amide bonds. The third-order valence-electron chi connectivity index (χ3n) is 1.67. The Kier molecular flexibility index (Phi) is 8.31. The van der Waals surface area contributed by atoms with Gasteiger partial charge in [0.15, 0.2) is 0 Å². The molecule has 0 unspecified atom stereocenters. The van der Waals surface area contributed by atoms with E-state index in [9.17, 15) is 4.79 Å². The van der Waals surface area contributed by atoms with Crippen molar-refractivity contribution in [1.29, 1.82) is 0 Å². The van der Waals surface area contributed by atoms with Crippen molar-refractivity contribution in [3.63, 3.8) is 0 Å². The third kappa shape index (κ3) is 5.50. The maximum Gasteiger partial charge on any atom is 0.341 e. The number of carbonyl (C=O) groups excluding carboxylic acids is 1. The van der Waals surface area contributed by atoms with Crippen molar-refractivity contribution in [2.45, 2.75) is 13.8 Å². The van der Waals surface area contributed by atoms with Crippen LogP contribution >= 0.6 is 11.3 Å². The fourth-order valence-electron chi connectivity index (χ4n) is 1.04. The zero-order valence-corrected chi connectivity index (χ0v) is 11.6. The van der Waals surface area contributed by atoms with Gasteiger partial charge in [0.2, 0.25) is 0 Å². The summed E-state index contributed by atoms with van der Waals surface area (Å²) in [6, 6.07) is 1.72. The monoisotopic (exact) mass is 265 g/mol. The summed E-state index contributed by atoms with van der Waals surface area (Å²) in [6.07, 6.45) is 7.05. The van der Waals surface area contributed by atoms with Crippen LogP contribution in [-0.2, 0) is 4.74 Å². The minimum Gasteiger partial charge on any atom is -0.462 e. The molecule has 2 N–H and O–H groups in total. The highest BCUT2D eigenvalue weighted by atomic mass is 32.1. The number of esters is 1. The SMILES string of the molecule is C=C/C=C/c1cc(C(=O)OCC)c(N)s1.C=CC. The number of nitrogens with two attached hydrogens (primary N) is 1. The molecule has 3 nitrogen and oxygen atoms in total. The van der Waals surface area contributed by atoms with Gasteiger partial charge in [-0.3, -0.25) is 0 Å². The number of hydrogen-bond acceptors (Lipinski definition) is 4. The van der Waals surface area contributed by atoms with Gasteiger partial charge in [0.1, 0.15) is 5.00 Å². The molecule has 4 heteroatoms. The van der Waals surface area contributed by atoms with Gasteiger partial charge in [-0.05, 0) is 26.0 Å². The van der Waals surface area contributed by atoms with Crippen molar-refractivity contribution in [3.8, 4) is 0 Å². The first-order valence-electron chi connectivity index (χ1n) is 5.53. The number of carbonyl (C=O) groups is 1. The van der Waals surface area contributed by atoms with E-state index in [0.29, 0.717) is 17.2 Å². The minimum absolute atomic E-state index is 0.353. The van der Waals surface area contributed by atoms with E-state index in [2.05, 4.69) is 13.2 Å². The number of rotatable bonds is 4. The Hall–Kier alpha value is -1.81. The van der Waals surface area contributed by atoms with Gasteiger partial charge in [-0.2, -0.15) is 0 Å². The highest BCUT2D eigenvalue weighted by Crippen LogP contribution is 2.26. The summed E-state index contributed by atoms with van der Waals surface area (Å²) in [5.41, 5.74) is 6.14. The normalized spacial score (nSPS) is 9.44. The van der Waals surface area contributed by atoms with Crippen LogP contribution in [0.3, 0.4) is 0 Å². The molecule has 18 heavy (non-hydrogen) atoms. The lowest BCUT2D eigenvalue weighted by atomic mass is 10.3. The van der Waals surface area contributed by atoms with E-state index in [1.165, 1.54) is 11.3 Å². The zero-order valence-electron chi connectivity index (χ0n) is 10.8. The van der Waals surface area contributed by atoms with E-state index in [1.54, 1.807) is 31.2 Å². The Bertz CT molecular complexity index is 433. The molecule has 0 fully saturated rings. The standard InChI is InChI=1S/C11H13NO2S.C3H6/c1-3-5-6-8-7-9(10(12)15-8)11(13)14-4-2;1-3-2/h3,5-7H,1,4,12H2,2H3;3H,1H2,2H3/b6-5+;. The van der Waals surface area contributed by atoms with Crippen LogP contribution in [0.4, 0.5) is 5.00 Å². The largest absolute Gasteiger partial charge is 0.462 e. The van der Waals surface area contributed by atoms with E-state index < -0.39 is 0 Å². The summed E-state index contributed by atoms with van der Waals surface area (Å²) < 4.78 is 4.87. The molecular weight excluding hydrogens is 246 g/mol. The van der Waals surface area contributed by atoms with Crippen LogP contribution in [-0.4, -0.2) is 12.6 Å². The number of ether oxygens (including phenoxy) is 1. The van der Waals surface area contributed by atoms with E-state index in [-0.39, 0.29) is 5.97 Å². The zero-order chi connectivity index (χ0) is 14.0. The van der Waals surface area contributed by atoms with Crippen molar-refractivity contribution in [3.05, 3.63) is 47.9 Å². The summed E-state index contributed by atoms with van der Waals surface area (Å²) >= 11 is 1.35. The van der Waals surface area contributed by atoms with Gasteiger partial charge in [0, 0.05) is 4.88 Å². The van der Waals surface area contributed by atoms with Crippen LogP contribution in [0.25, 0.3) is 6.08 Å². The maximum atomic E-state index is 11.4. The number of nitrogen functional groups attached to an aromatic ring is 1. The predicted octanol–water partition coefficient (Wildman–Crippen LogP) is 3.90. The topological polar surface area (TPSA) is 52.3 Å². The molecule has 0 aromatic carbocycles. The molecule has 0 spiro atoms.